The summed E-state index contributed by atoms with van der Waals surface area (Å²) >= 11 is 0. The highest BCUT2D eigenvalue weighted by Gasteiger charge is 2.37. The number of aliphatic hydroxyl groups excluding tert-OH is 1. The molecule has 0 aliphatic rings. The highest BCUT2D eigenvalue weighted by Crippen LogP contribution is 2.18. The van der Waals surface area contributed by atoms with Gasteiger partial charge in [0.25, 0.3) is 0 Å². The summed E-state index contributed by atoms with van der Waals surface area (Å²) in [6.45, 7) is -0.913. The highest BCUT2D eigenvalue weighted by atomic mass is 19.4. The molecule has 1 unspecified atom stereocenters. The lowest BCUT2D eigenvalue weighted by Gasteiger charge is -2.14. The molecule has 8 heteroatoms. The van der Waals surface area contributed by atoms with Gasteiger partial charge in [0.15, 0.2) is 11.9 Å². The van der Waals surface area contributed by atoms with E-state index in [1.165, 1.54) is 0 Å². The first-order valence-corrected chi connectivity index (χ1v) is 3.30. The van der Waals surface area contributed by atoms with Gasteiger partial charge in [-0.15, -0.1) is 0 Å². The molecule has 0 fully saturated rings. The second-order valence-corrected chi connectivity index (χ2v) is 2.28. The second-order valence-electron chi connectivity index (χ2n) is 2.28. The lowest BCUT2D eigenvalue weighted by Crippen LogP contribution is -2.41. The van der Waals surface area contributed by atoms with Crippen LogP contribution in [0.3, 0.4) is 0 Å². The van der Waals surface area contributed by atoms with Crippen LogP contribution in [0.1, 0.15) is 0 Å². The third kappa shape index (κ3) is 5.26. The molecule has 0 aromatic carbocycles. The van der Waals surface area contributed by atoms with E-state index in [9.17, 15) is 13.2 Å². The molecule has 0 aliphatic carbocycles. The third-order valence-corrected chi connectivity index (χ3v) is 1.15. The minimum atomic E-state index is -4.65. The van der Waals surface area contributed by atoms with Crippen molar-refractivity contribution in [2.24, 2.45) is 10.9 Å². The number of amidine groups is 1. The van der Waals surface area contributed by atoms with Crippen molar-refractivity contribution < 1.29 is 23.5 Å². The number of rotatable bonds is 4. The van der Waals surface area contributed by atoms with Gasteiger partial charge in [-0.3, -0.25) is 0 Å². The van der Waals surface area contributed by atoms with Crippen LogP contribution in [-0.4, -0.2) is 41.5 Å². The fraction of sp³-hybridized carbons (Fsp3) is 0.800. The molecule has 0 amide bonds. The monoisotopic (exact) mass is 201 g/mol. The van der Waals surface area contributed by atoms with Crippen molar-refractivity contribution in [3.8, 4) is 0 Å². The van der Waals surface area contributed by atoms with Gasteiger partial charge < -0.3 is 21.4 Å². The number of nitrogens with two attached hydrogens (primary N) is 1. The Balaban J connectivity index is 3.66. The maximum atomic E-state index is 11.7. The molecular formula is C5H10F3N3O2. The van der Waals surface area contributed by atoms with E-state index < -0.39 is 18.8 Å². The molecule has 5 nitrogen and oxygen atoms in total. The minimum Gasteiger partial charge on any atom is -0.409 e. The Bertz CT molecular complexity index is 182. The number of hydrogen-bond acceptors (Lipinski definition) is 4. The number of hydrogen-bond donors (Lipinski definition) is 4. The van der Waals surface area contributed by atoms with Crippen LogP contribution >= 0.6 is 0 Å². The summed E-state index contributed by atoms with van der Waals surface area (Å²) in [5.41, 5.74) is 4.94. The van der Waals surface area contributed by atoms with Gasteiger partial charge in [-0.05, 0) is 0 Å². The summed E-state index contributed by atoms with van der Waals surface area (Å²) in [4.78, 5) is 0. The molecule has 78 valence electrons. The van der Waals surface area contributed by atoms with E-state index in [-0.39, 0.29) is 12.4 Å². The molecule has 0 saturated heterocycles. The highest BCUT2D eigenvalue weighted by molar-refractivity contribution is 5.81. The van der Waals surface area contributed by atoms with E-state index in [1.807, 2.05) is 0 Å². The molecule has 0 radical (unpaired) electrons. The normalized spacial score (nSPS) is 15.8. The Morgan fingerprint density at radius 1 is 1.54 bits per heavy atom. The Hall–Kier alpha value is -1.02. The van der Waals surface area contributed by atoms with Crippen molar-refractivity contribution in [1.82, 2.24) is 5.32 Å². The smallest absolute Gasteiger partial charge is 0.409 e. The molecule has 0 heterocycles. The van der Waals surface area contributed by atoms with Crippen molar-refractivity contribution in [3.05, 3.63) is 0 Å². The van der Waals surface area contributed by atoms with Gasteiger partial charge >= 0.3 is 6.18 Å². The fourth-order valence-corrected chi connectivity index (χ4v) is 0.488. The van der Waals surface area contributed by atoms with Crippen LogP contribution in [0.15, 0.2) is 5.16 Å². The molecule has 13 heavy (non-hydrogen) atoms. The van der Waals surface area contributed by atoms with Gasteiger partial charge in [0, 0.05) is 6.54 Å². The van der Waals surface area contributed by atoms with E-state index in [2.05, 4.69) is 10.5 Å². The summed E-state index contributed by atoms with van der Waals surface area (Å²) in [6.07, 6.45) is -7.10. The van der Waals surface area contributed by atoms with Gasteiger partial charge in [-0.25, -0.2) is 0 Å². The van der Waals surface area contributed by atoms with Crippen LogP contribution in [0.4, 0.5) is 13.2 Å². The van der Waals surface area contributed by atoms with Crippen LogP contribution in [0.5, 0.6) is 0 Å². The number of oxime groups is 1. The zero-order valence-electron chi connectivity index (χ0n) is 6.54. The van der Waals surface area contributed by atoms with Crippen molar-refractivity contribution >= 4 is 5.84 Å². The first-order valence-electron chi connectivity index (χ1n) is 3.30. The molecular weight excluding hydrogens is 191 g/mol. The fourth-order valence-electron chi connectivity index (χ4n) is 0.488. The average Bonchev–Trinajstić information content (AvgIpc) is 2.02. The van der Waals surface area contributed by atoms with Crippen LogP contribution < -0.4 is 11.1 Å². The maximum Gasteiger partial charge on any atom is 0.415 e. The number of alkyl halides is 3. The van der Waals surface area contributed by atoms with E-state index in [0.29, 0.717) is 0 Å². The average molecular weight is 201 g/mol. The first kappa shape index (κ1) is 12.0. The first-order chi connectivity index (χ1) is 5.88. The molecule has 0 aliphatic heterocycles. The van der Waals surface area contributed by atoms with Crippen LogP contribution in [-0.2, 0) is 0 Å². The van der Waals surface area contributed by atoms with E-state index >= 15 is 0 Å². The van der Waals surface area contributed by atoms with E-state index in [4.69, 9.17) is 16.0 Å². The van der Waals surface area contributed by atoms with Gasteiger partial charge in [0.1, 0.15) is 0 Å². The molecule has 0 aromatic rings. The maximum absolute atomic E-state index is 11.7. The Morgan fingerprint density at radius 2 is 2.08 bits per heavy atom. The molecule has 0 rings (SSSR count). The molecule has 0 bridgehead atoms. The lowest BCUT2D eigenvalue weighted by molar-refractivity contribution is -0.201. The topological polar surface area (TPSA) is 90.9 Å². The molecule has 0 saturated carbocycles. The predicted octanol–water partition coefficient (Wildman–Crippen LogP) is -0.754. The molecule has 5 N–H and O–H groups in total. The minimum absolute atomic E-state index is 0.219. The quantitative estimate of drug-likeness (QED) is 0.208. The van der Waals surface area contributed by atoms with Gasteiger partial charge in [-0.1, -0.05) is 5.16 Å². The second kappa shape index (κ2) is 4.87. The van der Waals surface area contributed by atoms with Crippen LogP contribution in [0.25, 0.3) is 0 Å². The SMILES string of the molecule is NC(CNCC(O)C(F)(F)F)=NO. The molecule has 1 atom stereocenters. The Morgan fingerprint density at radius 3 is 2.46 bits per heavy atom. The summed E-state index contributed by atoms with van der Waals surface area (Å²) in [6, 6.07) is 0. The zero-order chi connectivity index (χ0) is 10.5. The lowest BCUT2D eigenvalue weighted by atomic mass is 10.3. The number of aliphatic hydroxyl groups is 1. The van der Waals surface area contributed by atoms with Crippen LogP contribution in [0.2, 0.25) is 0 Å². The molecule has 0 aromatic heterocycles. The van der Waals surface area contributed by atoms with Gasteiger partial charge in [0.05, 0.1) is 6.54 Å². The zero-order valence-corrected chi connectivity index (χ0v) is 6.54. The summed E-state index contributed by atoms with van der Waals surface area (Å²) in [5.74, 6) is -0.255. The van der Waals surface area contributed by atoms with Gasteiger partial charge in [0.2, 0.25) is 0 Å². The third-order valence-electron chi connectivity index (χ3n) is 1.15. The van der Waals surface area contributed by atoms with Crippen molar-refractivity contribution in [3.63, 3.8) is 0 Å². The Kier molecular flexibility index (Phi) is 4.49. The van der Waals surface area contributed by atoms with Crippen LogP contribution in [0, 0.1) is 0 Å². The van der Waals surface area contributed by atoms with E-state index in [1.54, 1.807) is 0 Å². The number of nitrogens with zero attached hydrogens (tertiary/aromatic N) is 1. The standard InChI is InChI=1S/C5H10F3N3O2/c6-5(7,8)3(12)1-10-2-4(9)11-13/h3,10,12-13H,1-2H2,(H2,9,11). The Labute approximate surface area is 72.0 Å². The predicted molar refractivity (Wildman–Crippen MR) is 38.3 cm³/mol. The number of halogens is 3. The van der Waals surface area contributed by atoms with Crippen molar-refractivity contribution in [2.75, 3.05) is 13.1 Å². The van der Waals surface area contributed by atoms with Gasteiger partial charge in [-0.2, -0.15) is 13.2 Å². The summed E-state index contributed by atoms with van der Waals surface area (Å²) in [5, 5.41) is 21.1. The summed E-state index contributed by atoms with van der Waals surface area (Å²) in [7, 11) is 0. The molecule has 0 spiro atoms. The number of nitrogens with one attached hydrogen (secondary N) is 1. The van der Waals surface area contributed by atoms with Crippen molar-refractivity contribution in [1.29, 1.82) is 0 Å². The van der Waals surface area contributed by atoms with E-state index in [0.717, 1.165) is 0 Å². The largest absolute Gasteiger partial charge is 0.415 e. The van der Waals surface area contributed by atoms with Crippen molar-refractivity contribution in [2.45, 2.75) is 12.3 Å². The summed E-state index contributed by atoms with van der Waals surface area (Å²) < 4.78 is 35.0.